The zero-order chi connectivity index (χ0) is 27.0. The van der Waals surface area contributed by atoms with Gasteiger partial charge in [-0.15, -0.1) is 0 Å². The summed E-state index contributed by atoms with van der Waals surface area (Å²) in [6.45, 7) is 17.9. The summed E-state index contributed by atoms with van der Waals surface area (Å²) >= 11 is 0. The van der Waals surface area contributed by atoms with Gasteiger partial charge in [0.1, 0.15) is 6.10 Å². The Morgan fingerprint density at radius 2 is 1.51 bits per heavy atom. The molecule has 5 heteroatoms. The molecule has 0 aromatic rings. The number of ketones is 1. The predicted molar refractivity (Wildman–Crippen MR) is 140 cm³/mol. The Balaban J connectivity index is 1.44. The van der Waals surface area contributed by atoms with E-state index in [4.69, 9.17) is 9.47 Å². The highest BCUT2D eigenvalue weighted by Crippen LogP contribution is 2.80. The molecule has 5 nitrogen and oxygen atoms in total. The van der Waals surface area contributed by atoms with E-state index in [-0.39, 0.29) is 62.7 Å². The predicted octanol–water partition coefficient (Wildman–Crippen LogP) is 6.66. The van der Waals surface area contributed by atoms with E-state index < -0.39 is 11.0 Å². The Kier molecular flexibility index (Phi) is 5.04. The molecule has 0 aromatic heterocycles. The first kappa shape index (κ1) is 25.9. The first-order chi connectivity index (χ1) is 17.0. The van der Waals surface area contributed by atoms with Crippen LogP contribution >= 0.6 is 0 Å². The molecule has 0 amide bonds. The summed E-state index contributed by atoms with van der Waals surface area (Å²) in [5, 5.41) is 0. The molecule has 0 N–H and O–H groups in total. The van der Waals surface area contributed by atoms with E-state index in [9.17, 15) is 14.4 Å². The van der Waals surface area contributed by atoms with Gasteiger partial charge in [-0.25, -0.2) is 0 Å². The summed E-state index contributed by atoms with van der Waals surface area (Å²) in [5.74, 6) is 0.550. The van der Waals surface area contributed by atoms with E-state index in [2.05, 4.69) is 48.5 Å². The average Bonchev–Trinajstić information content (AvgIpc) is 2.97. The number of carbonyl (C=O) groups is 3. The van der Waals surface area contributed by atoms with Crippen LogP contribution in [0, 0.1) is 50.2 Å². The highest BCUT2D eigenvalue weighted by Gasteiger charge is 2.83. The van der Waals surface area contributed by atoms with Crippen molar-refractivity contribution < 1.29 is 23.9 Å². The molecule has 5 aliphatic carbocycles. The molecule has 37 heavy (non-hydrogen) atoms. The number of Topliss-reactive ketones (excluding diaryl/α,β-unsaturated/α-hetero) is 1. The van der Waals surface area contributed by atoms with Crippen LogP contribution in [0.5, 0.6) is 0 Å². The largest absolute Gasteiger partial charge is 0.462 e. The summed E-state index contributed by atoms with van der Waals surface area (Å²) in [6, 6.07) is 0. The van der Waals surface area contributed by atoms with Gasteiger partial charge >= 0.3 is 11.9 Å². The SMILES string of the molecule is CC(=O)OC1CCC2(C)C(CCC3(C)C2CC(=O)C24OC(=O)C5(CCC(C)(C)CC52)CCC34C)C1(C)C. The van der Waals surface area contributed by atoms with Gasteiger partial charge in [-0.3, -0.25) is 14.4 Å². The minimum atomic E-state index is -0.973. The van der Waals surface area contributed by atoms with E-state index in [1.807, 2.05) is 0 Å². The van der Waals surface area contributed by atoms with Gasteiger partial charge < -0.3 is 9.47 Å². The van der Waals surface area contributed by atoms with Crippen LogP contribution in [0.15, 0.2) is 0 Å². The summed E-state index contributed by atoms with van der Waals surface area (Å²) in [7, 11) is 0. The zero-order valence-electron chi connectivity index (χ0n) is 24.4. The van der Waals surface area contributed by atoms with Gasteiger partial charge in [-0.05, 0) is 85.9 Å². The molecule has 5 saturated carbocycles. The second-order valence-corrected chi connectivity index (χ2v) is 16.2. The molecule has 6 fully saturated rings. The highest BCUT2D eigenvalue weighted by atomic mass is 16.6. The van der Waals surface area contributed by atoms with Crippen LogP contribution in [-0.2, 0) is 23.9 Å². The van der Waals surface area contributed by atoms with Crippen LogP contribution in [0.4, 0.5) is 0 Å². The zero-order valence-corrected chi connectivity index (χ0v) is 24.4. The lowest BCUT2D eigenvalue weighted by atomic mass is 9.30. The maximum absolute atomic E-state index is 14.7. The van der Waals surface area contributed by atoms with Crippen molar-refractivity contribution in [2.75, 3.05) is 0 Å². The first-order valence-electron chi connectivity index (χ1n) is 14.9. The third-order valence-electron chi connectivity index (χ3n) is 14.1. The van der Waals surface area contributed by atoms with Crippen molar-refractivity contribution in [3.05, 3.63) is 0 Å². The van der Waals surface area contributed by atoms with Gasteiger partial charge in [0.15, 0.2) is 11.4 Å². The minimum Gasteiger partial charge on any atom is -0.462 e. The van der Waals surface area contributed by atoms with Crippen molar-refractivity contribution in [3.8, 4) is 0 Å². The number of rotatable bonds is 1. The van der Waals surface area contributed by atoms with Crippen molar-refractivity contribution in [1.82, 2.24) is 0 Å². The van der Waals surface area contributed by atoms with Crippen LogP contribution in [0.2, 0.25) is 0 Å². The molecule has 1 heterocycles. The molecule has 2 bridgehead atoms. The number of hydrogen-bond acceptors (Lipinski definition) is 5. The number of carbonyl (C=O) groups excluding carboxylic acids is 3. The third kappa shape index (κ3) is 2.80. The fraction of sp³-hybridized carbons (Fsp3) is 0.906. The molecule has 206 valence electrons. The summed E-state index contributed by atoms with van der Waals surface area (Å²) in [4.78, 5) is 40.3. The Bertz CT molecular complexity index is 1080. The van der Waals surface area contributed by atoms with Gasteiger partial charge in [0.25, 0.3) is 0 Å². The van der Waals surface area contributed by atoms with Crippen molar-refractivity contribution in [2.45, 2.75) is 131 Å². The Hall–Kier alpha value is -1.39. The summed E-state index contributed by atoms with van der Waals surface area (Å²) in [5.41, 5.74) is -1.93. The molecule has 6 aliphatic rings. The smallest absolute Gasteiger partial charge is 0.313 e. The molecule has 6 rings (SSSR count). The number of hydrogen-bond donors (Lipinski definition) is 0. The molecule has 0 radical (unpaired) electrons. The van der Waals surface area contributed by atoms with E-state index in [0.717, 1.165) is 57.8 Å². The summed E-state index contributed by atoms with van der Waals surface area (Å²) < 4.78 is 12.4. The fourth-order valence-electron chi connectivity index (χ4n) is 11.9. The van der Waals surface area contributed by atoms with Gasteiger partial charge in [0, 0.05) is 30.1 Å². The number of ether oxygens (including phenoxy) is 2. The van der Waals surface area contributed by atoms with E-state index in [1.165, 1.54) is 6.92 Å². The first-order valence-corrected chi connectivity index (χ1v) is 14.9. The fourth-order valence-corrected chi connectivity index (χ4v) is 11.9. The molecule has 0 aromatic carbocycles. The monoisotopic (exact) mass is 512 g/mol. The number of esters is 2. The maximum atomic E-state index is 14.7. The van der Waals surface area contributed by atoms with Crippen molar-refractivity contribution in [1.29, 1.82) is 0 Å². The van der Waals surface area contributed by atoms with E-state index in [1.54, 1.807) is 0 Å². The molecular formula is C32H48O5. The van der Waals surface area contributed by atoms with Crippen LogP contribution < -0.4 is 0 Å². The van der Waals surface area contributed by atoms with E-state index in [0.29, 0.717) is 12.3 Å². The van der Waals surface area contributed by atoms with Crippen LogP contribution in [-0.4, -0.2) is 29.4 Å². The van der Waals surface area contributed by atoms with Crippen LogP contribution in [0.3, 0.4) is 0 Å². The van der Waals surface area contributed by atoms with Crippen LogP contribution in [0.1, 0.15) is 120 Å². The van der Waals surface area contributed by atoms with Crippen molar-refractivity contribution in [2.24, 2.45) is 50.2 Å². The molecule has 9 unspecified atom stereocenters. The van der Waals surface area contributed by atoms with Gasteiger partial charge in [-0.2, -0.15) is 0 Å². The molecule has 9 atom stereocenters. The normalized spacial score (nSPS) is 53.2. The topological polar surface area (TPSA) is 69.7 Å². The highest BCUT2D eigenvalue weighted by molar-refractivity contribution is 5.98. The Morgan fingerprint density at radius 3 is 2.19 bits per heavy atom. The molecule has 1 spiro atoms. The Labute approximate surface area is 223 Å². The van der Waals surface area contributed by atoms with Crippen molar-refractivity contribution in [3.63, 3.8) is 0 Å². The van der Waals surface area contributed by atoms with Crippen molar-refractivity contribution >= 4 is 17.7 Å². The average molecular weight is 513 g/mol. The minimum absolute atomic E-state index is 0.00180. The van der Waals surface area contributed by atoms with E-state index >= 15 is 0 Å². The standard InChI is InChI=1S/C32H48O5/c1-19(33)36-24-10-11-28(6)20(27(24,4)5)9-12-29(7)21(28)17-23(34)32-22-18-26(2,3)13-15-31(22,25(35)37-32)16-14-30(29,32)8/h20-22,24H,9-18H2,1-8H3. The second-order valence-electron chi connectivity index (χ2n) is 16.2. The van der Waals surface area contributed by atoms with Gasteiger partial charge in [0.2, 0.25) is 0 Å². The number of fused-ring (bicyclic) bond motifs is 4. The van der Waals surface area contributed by atoms with Gasteiger partial charge in [-0.1, -0.05) is 48.5 Å². The second kappa shape index (κ2) is 7.22. The quantitative estimate of drug-likeness (QED) is 0.368. The molecular weight excluding hydrogens is 464 g/mol. The molecule has 1 aliphatic heterocycles. The Morgan fingerprint density at radius 1 is 0.838 bits per heavy atom. The van der Waals surface area contributed by atoms with Gasteiger partial charge in [0.05, 0.1) is 5.41 Å². The maximum Gasteiger partial charge on any atom is 0.313 e. The van der Waals surface area contributed by atoms with Crippen LogP contribution in [0.25, 0.3) is 0 Å². The molecule has 1 saturated heterocycles. The lowest BCUT2D eigenvalue weighted by molar-refractivity contribution is -0.270. The summed E-state index contributed by atoms with van der Waals surface area (Å²) in [6.07, 6.45) is 8.87. The lowest BCUT2D eigenvalue weighted by Gasteiger charge is -2.73. The lowest BCUT2D eigenvalue weighted by Crippen LogP contribution is -2.75. The third-order valence-corrected chi connectivity index (χ3v) is 14.1.